The van der Waals surface area contributed by atoms with Crippen molar-refractivity contribution in [2.75, 3.05) is 7.11 Å². The Labute approximate surface area is 206 Å². The summed E-state index contributed by atoms with van der Waals surface area (Å²) >= 11 is 1.07. The van der Waals surface area contributed by atoms with Gasteiger partial charge in [-0.15, -0.1) is 0 Å². The average Bonchev–Trinajstić information content (AvgIpc) is 3.30. The van der Waals surface area contributed by atoms with Gasteiger partial charge in [-0.1, -0.05) is 60.7 Å². The predicted molar refractivity (Wildman–Crippen MR) is 139 cm³/mol. The Kier molecular flexibility index (Phi) is 6.41. The Hall–Kier alpha value is -4.23. The molecule has 1 aromatic heterocycles. The second kappa shape index (κ2) is 9.95. The van der Waals surface area contributed by atoms with Crippen LogP contribution in [0.25, 0.3) is 27.9 Å². The predicted octanol–water partition coefficient (Wildman–Crippen LogP) is 6.52. The van der Waals surface area contributed by atoms with E-state index in [2.05, 4.69) is 28.2 Å². The van der Waals surface area contributed by atoms with Crippen molar-refractivity contribution >= 4 is 45.6 Å². The van der Waals surface area contributed by atoms with Crippen LogP contribution in [-0.2, 0) is 11.4 Å². The standard InChI is InChI=1S/C28H22N2O4S/c1-33-25-15-18(16-26(27(31)32)35-28-29-22-11-4-5-12-23(22)30-28)13-14-24(25)34-17-20-9-6-8-19-7-2-3-10-21(19)20/h2-16H,17H2,1H3,(H,29,30)(H,31,32)/b26-16-. The number of nitrogens with zero attached hydrogens (tertiary/aromatic N) is 1. The van der Waals surface area contributed by atoms with E-state index in [0.29, 0.717) is 28.8 Å². The van der Waals surface area contributed by atoms with Gasteiger partial charge in [0.25, 0.3) is 0 Å². The summed E-state index contributed by atoms with van der Waals surface area (Å²) in [5.41, 5.74) is 3.40. The summed E-state index contributed by atoms with van der Waals surface area (Å²) in [6.45, 7) is 0.384. The number of carboxylic acid groups (broad SMARTS) is 1. The number of nitrogens with one attached hydrogen (secondary N) is 1. The normalized spacial score (nSPS) is 11.6. The Morgan fingerprint density at radius 3 is 2.63 bits per heavy atom. The van der Waals surface area contributed by atoms with E-state index in [1.165, 1.54) is 0 Å². The third-order valence-electron chi connectivity index (χ3n) is 5.53. The van der Waals surface area contributed by atoms with Crippen LogP contribution in [0, 0.1) is 0 Å². The van der Waals surface area contributed by atoms with Crippen LogP contribution in [0.15, 0.2) is 95.0 Å². The van der Waals surface area contributed by atoms with Gasteiger partial charge in [-0.25, -0.2) is 9.78 Å². The van der Waals surface area contributed by atoms with E-state index in [0.717, 1.165) is 39.1 Å². The van der Waals surface area contributed by atoms with Gasteiger partial charge in [0, 0.05) is 0 Å². The number of rotatable bonds is 8. The molecule has 0 unspecified atom stereocenters. The van der Waals surface area contributed by atoms with Crippen LogP contribution in [0.5, 0.6) is 11.5 Å². The first kappa shape index (κ1) is 22.6. The zero-order valence-corrected chi connectivity index (χ0v) is 19.7. The summed E-state index contributed by atoms with van der Waals surface area (Å²) in [4.78, 5) is 19.7. The van der Waals surface area contributed by atoms with Crippen molar-refractivity contribution in [3.05, 3.63) is 101 Å². The number of aromatic amines is 1. The fraction of sp³-hybridized carbons (Fsp3) is 0.0714. The molecule has 0 amide bonds. The number of para-hydroxylation sites is 2. The molecule has 0 bridgehead atoms. The van der Waals surface area contributed by atoms with Crippen molar-refractivity contribution in [2.45, 2.75) is 11.8 Å². The summed E-state index contributed by atoms with van der Waals surface area (Å²) in [7, 11) is 1.56. The third kappa shape index (κ3) is 5.00. The summed E-state index contributed by atoms with van der Waals surface area (Å²) in [5, 5.41) is 12.6. The maximum atomic E-state index is 11.9. The SMILES string of the molecule is COc1cc(/C=C(\Sc2nc3ccccc3[nH]2)C(=O)O)ccc1OCc1cccc2ccccc12. The number of carbonyl (C=O) groups is 1. The quantitative estimate of drug-likeness (QED) is 0.193. The van der Waals surface area contributed by atoms with Crippen molar-refractivity contribution in [2.24, 2.45) is 0 Å². The number of carboxylic acids is 1. The highest BCUT2D eigenvalue weighted by molar-refractivity contribution is 8.04. The molecular formula is C28H22N2O4S. The monoisotopic (exact) mass is 482 g/mol. The van der Waals surface area contributed by atoms with Gasteiger partial charge >= 0.3 is 5.97 Å². The van der Waals surface area contributed by atoms with E-state index in [4.69, 9.17) is 9.47 Å². The van der Waals surface area contributed by atoms with E-state index >= 15 is 0 Å². The van der Waals surface area contributed by atoms with E-state index in [-0.39, 0.29) is 4.91 Å². The topological polar surface area (TPSA) is 84.4 Å². The Morgan fingerprint density at radius 2 is 1.80 bits per heavy atom. The summed E-state index contributed by atoms with van der Waals surface area (Å²) < 4.78 is 11.6. The Bertz CT molecular complexity index is 1520. The van der Waals surface area contributed by atoms with E-state index in [1.54, 1.807) is 25.3 Å². The molecule has 0 aliphatic rings. The van der Waals surface area contributed by atoms with Crippen LogP contribution in [0.4, 0.5) is 0 Å². The number of thioether (sulfide) groups is 1. The highest BCUT2D eigenvalue weighted by Crippen LogP contribution is 2.33. The first-order valence-corrected chi connectivity index (χ1v) is 11.8. The second-order valence-electron chi connectivity index (χ2n) is 7.81. The number of H-pyrrole nitrogens is 1. The molecule has 0 saturated heterocycles. The summed E-state index contributed by atoms with van der Waals surface area (Å²) in [6, 6.07) is 27.2. The van der Waals surface area contributed by atoms with Gasteiger partial charge < -0.3 is 19.6 Å². The van der Waals surface area contributed by atoms with Crippen molar-refractivity contribution in [3.8, 4) is 11.5 Å². The van der Waals surface area contributed by atoms with E-state index in [9.17, 15) is 9.90 Å². The lowest BCUT2D eigenvalue weighted by Gasteiger charge is -2.13. The molecule has 174 valence electrons. The molecule has 5 rings (SSSR count). The zero-order chi connectivity index (χ0) is 24.2. The number of hydrogen-bond donors (Lipinski definition) is 2. The molecule has 5 aromatic rings. The van der Waals surface area contributed by atoms with Crippen molar-refractivity contribution in [1.82, 2.24) is 9.97 Å². The number of aliphatic carboxylic acids is 1. The Morgan fingerprint density at radius 1 is 1.00 bits per heavy atom. The van der Waals surface area contributed by atoms with Crippen LogP contribution in [0.3, 0.4) is 0 Å². The van der Waals surface area contributed by atoms with Gasteiger partial charge in [-0.2, -0.15) is 0 Å². The molecule has 0 atom stereocenters. The van der Waals surface area contributed by atoms with Gasteiger partial charge in [0.1, 0.15) is 11.5 Å². The first-order valence-electron chi connectivity index (χ1n) is 11.0. The zero-order valence-electron chi connectivity index (χ0n) is 18.9. The van der Waals surface area contributed by atoms with Gasteiger partial charge in [-0.05, 0) is 64.0 Å². The number of benzene rings is 4. The molecule has 4 aromatic carbocycles. The smallest absolute Gasteiger partial charge is 0.342 e. The fourth-order valence-electron chi connectivity index (χ4n) is 3.84. The minimum absolute atomic E-state index is 0.135. The van der Waals surface area contributed by atoms with Gasteiger partial charge in [-0.3, -0.25) is 0 Å². The third-order valence-corrected chi connectivity index (χ3v) is 6.43. The fourth-order valence-corrected chi connectivity index (χ4v) is 4.63. The highest BCUT2D eigenvalue weighted by atomic mass is 32.2. The maximum Gasteiger partial charge on any atom is 0.342 e. The lowest BCUT2D eigenvalue weighted by molar-refractivity contribution is -0.131. The second-order valence-corrected chi connectivity index (χ2v) is 8.84. The lowest BCUT2D eigenvalue weighted by Crippen LogP contribution is -1.99. The van der Waals surface area contributed by atoms with Gasteiger partial charge in [0.05, 0.1) is 18.1 Å². The molecule has 35 heavy (non-hydrogen) atoms. The largest absolute Gasteiger partial charge is 0.493 e. The average molecular weight is 483 g/mol. The number of imidazole rings is 1. The number of aromatic nitrogens is 2. The molecule has 0 aliphatic heterocycles. The number of hydrogen-bond acceptors (Lipinski definition) is 5. The van der Waals surface area contributed by atoms with Crippen molar-refractivity contribution < 1.29 is 19.4 Å². The number of ether oxygens (including phenoxy) is 2. The number of methoxy groups -OCH3 is 1. The number of fused-ring (bicyclic) bond motifs is 2. The van der Waals surface area contributed by atoms with Crippen LogP contribution in [-0.4, -0.2) is 28.2 Å². The van der Waals surface area contributed by atoms with E-state index < -0.39 is 5.97 Å². The van der Waals surface area contributed by atoms with E-state index in [1.807, 2.05) is 54.6 Å². The molecule has 6 nitrogen and oxygen atoms in total. The molecule has 0 radical (unpaired) electrons. The van der Waals surface area contributed by atoms with Crippen molar-refractivity contribution in [1.29, 1.82) is 0 Å². The highest BCUT2D eigenvalue weighted by Gasteiger charge is 2.14. The minimum atomic E-state index is -1.04. The van der Waals surface area contributed by atoms with Crippen LogP contribution in [0.2, 0.25) is 0 Å². The summed E-state index contributed by atoms with van der Waals surface area (Å²) in [5.74, 6) is 0.0718. The molecule has 0 spiro atoms. The minimum Gasteiger partial charge on any atom is -0.493 e. The Balaban J connectivity index is 1.37. The van der Waals surface area contributed by atoms with Crippen LogP contribution >= 0.6 is 11.8 Å². The molecule has 1 heterocycles. The van der Waals surface area contributed by atoms with Gasteiger partial charge in [0.15, 0.2) is 16.7 Å². The van der Waals surface area contributed by atoms with Crippen molar-refractivity contribution in [3.63, 3.8) is 0 Å². The molecular weight excluding hydrogens is 460 g/mol. The first-order chi connectivity index (χ1) is 17.1. The molecule has 0 saturated carbocycles. The van der Waals surface area contributed by atoms with Crippen LogP contribution < -0.4 is 9.47 Å². The lowest BCUT2D eigenvalue weighted by atomic mass is 10.1. The summed E-state index contributed by atoms with van der Waals surface area (Å²) in [6.07, 6.45) is 1.59. The molecule has 2 N–H and O–H groups in total. The molecule has 0 aliphatic carbocycles. The molecule has 7 heteroatoms. The van der Waals surface area contributed by atoms with Gasteiger partial charge in [0.2, 0.25) is 0 Å². The van der Waals surface area contributed by atoms with Crippen LogP contribution in [0.1, 0.15) is 11.1 Å². The maximum absolute atomic E-state index is 11.9. The molecule has 0 fully saturated rings.